The van der Waals surface area contributed by atoms with Crippen LogP contribution >= 0.6 is 23.2 Å². The van der Waals surface area contributed by atoms with Gasteiger partial charge in [-0.15, -0.1) is 9.19 Å². The van der Waals surface area contributed by atoms with Crippen LogP contribution in [0.5, 0.6) is 5.75 Å². The Kier molecular flexibility index (Phi) is 3.47. The number of rotatable bonds is 3. The Bertz CT molecular complexity index is 671. The zero-order valence-electron chi connectivity index (χ0n) is 9.04. The predicted octanol–water partition coefficient (Wildman–Crippen LogP) is 1.83. The third kappa shape index (κ3) is 2.16. The molecule has 9 heteroatoms. The van der Waals surface area contributed by atoms with Crippen LogP contribution in [0.3, 0.4) is 0 Å². The molecule has 2 aromatic rings. The lowest BCUT2D eigenvalue weighted by Crippen LogP contribution is -2.14. The number of aromatic nitrogens is 3. The molecule has 0 aliphatic carbocycles. The topological polar surface area (TPSA) is 74.1 Å². The van der Waals surface area contributed by atoms with Gasteiger partial charge in [0.05, 0.1) is 17.2 Å². The summed E-state index contributed by atoms with van der Waals surface area (Å²) < 4.78 is 29.9. The second-order valence-corrected chi connectivity index (χ2v) is 5.77. The highest BCUT2D eigenvalue weighted by molar-refractivity contribution is 7.90. The standard InChI is InChI=1S/C9H7Cl2N3O3S/c1-17-8-2-7(11)9(3-6(8)10)18(15,16)14-5-12-4-13-14/h2-5H,1H3. The Hall–Kier alpha value is -1.31. The van der Waals surface area contributed by atoms with Gasteiger partial charge in [-0.25, -0.2) is 4.98 Å². The van der Waals surface area contributed by atoms with Crippen molar-refractivity contribution in [1.82, 2.24) is 14.2 Å². The number of benzene rings is 1. The van der Waals surface area contributed by atoms with Crippen LogP contribution in [0.15, 0.2) is 29.7 Å². The van der Waals surface area contributed by atoms with E-state index in [0.717, 1.165) is 12.7 Å². The third-order valence-electron chi connectivity index (χ3n) is 2.13. The van der Waals surface area contributed by atoms with Crippen LogP contribution in [0.25, 0.3) is 0 Å². The number of ether oxygens (including phenoxy) is 1. The van der Waals surface area contributed by atoms with Crippen molar-refractivity contribution in [3.63, 3.8) is 0 Å². The van der Waals surface area contributed by atoms with Gasteiger partial charge in [-0.05, 0) is 6.07 Å². The van der Waals surface area contributed by atoms with E-state index < -0.39 is 10.0 Å². The number of hydrogen-bond donors (Lipinski definition) is 0. The fourth-order valence-electron chi connectivity index (χ4n) is 1.29. The van der Waals surface area contributed by atoms with E-state index in [1.54, 1.807) is 0 Å². The summed E-state index contributed by atoms with van der Waals surface area (Å²) in [6.45, 7) is 0. The fourth-order valence-corrected chi connectivity index (χ4v) is 3.16. The first kappa shape index (κ1) is 13.1. The largest absolute Gasteiger partial charge is 0.495 e. The van der Waals surface area contributed by atoms with Gasteiger partial charge >= 0.3 is 0 Å². The van der Waals surface area contributed by atoms with E-state index in [2.05, 4.69) is 10.1 Å². The molecule has 0 radical (unpaired) electrons. The van der Waals surface area contributed by atoms with Crippen molar-refractivity contribution in [3.05, 3.63) is 34.8 Å². The minimum atomic E-state index is -3.90. The molecular formula is C9H7Cl2N3O3S. The molecule has 6 nitrogen and oxygen atoms in total. The van der Waals surface area contributed by atoms with Crippen LogP contribution in [0.4, 0.5) is 0 Å². The number of methoxy groups -OCH3 is 1. The van der Waals surface area contributed by atoms with Crippen LogP contribution in [0.1, 0.15) is 0 Å². The normalized spacial score (nSPS) is 11.5. The molecule has 0 fully saturated rings. The Balaban J connectivity index is 2.63. The summed E-state index contributed by atoms with van der Waals surface area (Å²) >= 11 is 11.8. The highest BCUT2D eigenvalue weighted by atomic mass is 35.5. The minimum Gasteiger partial charge on any atom is -0.495 e. The summed E-state index contributed by atoms with van der Waals surface area (Å²) in [5, 5.41) is 3.69. The molecule has 0 atom stereocenters. The molecule has 0 saturated heterocycles. The average Bonchev–Trinajstić information content (AvgIpc) is 2.85. The monoisotopic (exact) mass is 307 g/mol. The third-order valence-corrected chi connectivity index (χ3v) is 4.42. The first-order valence-corrected chi connectivity index (χ1v) is 6.79. The van der Waals surface area contributed by atoms with Crippen molar-refractivity contribution in [3.8, 4) is 5.75 Å². The van der Waals surface area contributed by atoms with Gasteiger partial charge in [-0.3, -0.25) is 0 Å². The first-order chi connectivity index (χ1) is 8.46. The summed E-state index contributed by atoms with van der Waals surface area (Å²) in [6.07, 6.45) is 2.17. The first-order valence-electron chi connectivity index (χ1n) is 4.60. The van der Waals surface area contributed by atoms with E-state index >= 15 is 0 Å². The highest BCUT2D eigenvalue weighted by Gasteiger charge is 2.23. The van der Waals surface area contributed by atoms with Crippen LogP contribution < -0.4 is 4.74 Å². The van der Waals surface area contributed by atoms with Crippen molar-refractivity contribution >= 4 is 33.2 Å². The van der Waals surface area contributed by atoms with E-state index in [4.69, 9.17) is 27.9 Å². The van der Waals surface area contributed by atoms with E-state index in [1.807, 2.05) is 0 Å². The molecule has 0 aliphatic rings. The Morgan fingerprint density at radius 1 is 1.28 bits per heavy atom. The minimum absolute atomic E-state index is 0.00764. The molecule has 2 rings (SSSR count). The number of nitrogens with zero attached hydrogens (tertiary/aromatic N) is 3. The quantitative estimate of drug-likeness (QED) is 0.865. The van der Waals surface area contributed by atoms with Gasteiger partial charge in [-0.1, -0.05) is 23.2 Å². The van der Waals surface area contributed by atoms with Gasteiger partial charge in [0.15, 0.2) is 0 Å². The van der Waals surface area contributed by atoms with Crippen molar-refractivity contribution < 1.29 is 13.2 Å². The summed E-state index contributed by atoms with van der Waals surface area (Å²) in [6, 6.07) is 2.54. The molecule has 18 heavy (non-hydrogen) atoms. The van der Waals surface area contributed by atoms with Gasteiger partial charge in [0.2, 0.25) is 0 Å². The van der Waals surface area contributed by atoms with Crippen molar-refractivity contribution in [2.24, 2.45) is 0 Å². The van der Waals surface area contributed by atoms with E-state index in [1.165, 1.54) is 19.2 Å². The van der Waals surface area contributed by atoms with Crippen LogP contribution in [-0.4, -0.2) is 29.7 Å². The van der Waals surface area contributed by atoms with Crippen molar-refractivity contribution in [2.45, 2.75) is 4.90 Å². The molecule has 1 aromatic carbocycles. The highest BCUT2D eigenvalue weighted by Crippen LogP contribution is 2.33. The Labute approximate surface area is 113 Å². The molecule has 1 aromatic heterocycles. The zero-order chi connectivity index (χ0) is 13.3. The molecule has 0 bridgehead atoms. The number of halogens is 2. The molecule has 0 unspecified atom stereocenters. The fraction of sp³-hybridized carbons (Fsp3) is 0.111. The van der Waals surface area contributed by atoms with Crippen molar-refractivity contribution in [1.29, 1.82) is 0 Å². The molecule has 0 aliphatic heterocycles. The summed E-state index contributed by atoms with van der Waals surface area (Å²) in [4.78, 5) is 3.41. The maximum Gasteiger partial charge on any atom is 0.285 e. The van der Waals surface area contributed by atoms with Gasteiger partial charge in [0.1, 0.15) is 23.3 Å². The van der Waals surface area contributed by atoms with Crippen LogP contribution in [-0.2, 0) is 10.0 Å². The molecule has 0 N–H and O–H groups in total. The lowest BCUT2D eigenvalue weighted by atomic mass is 10.3. The SMILES string of the molecule is COc1cc(Cl)c(S(=O)(=O)n2cncn2)cc1Cl. The van der Waals surface area contributed by atoms with E-state index in [9.17, 15) is 8.42 Å². The molecule has 0 saturated carbocycles. The van der Waals surface area contributed by atoms with Gasteiger partial charge in [0.25, 0.3) is 10.0 Å². The lowest BCUT2D eigenvalue weighted by molar-refractivity contribution is 0.414. The smallest absolute Gasteiger partial charge is 0.285 e. The average molecular weight is 308 g/mol. The van der Waals surface area contributed by atoms with Crippen LogP contribution in [0, 0.1) is 0 Å². The van der Waals surface area contributed by atoms with Gasteiger partial charge in [0, 0.05) is 6.07 Å². The molecule has 0 amide bonds. The second-order valence-electron chi connectivity index (χ2n) is 3.19. The Morgan fingerprint density at radius 3 is 2.56 bits per heavy atom. The molecule has 96 valence electrons. The Morgan fingerprint density at radius 2 is 2.00 bits per heavy atom. The van der Waals surface area contributed by atoms with E-state index in [0.29, 0.717) is 9.84 Å². The maximum absolute atomic E-state index is 12.1. The number of hydrogen-bond acceptors (Lipinski definition) is 5. The molecule has 1 heterocycles. The van der Waals surface area contributed by atoms with Crippen LogP contribution in [0.2, 0.25) is 10.0 Å². The second kappa shape index (κ2) is 4.75. The zero-order valence-corrected chi connectivity index (χ0v) is 11.4. The summed E-state index contributed by atoms with van der Waals surface area (Å²) in [5.41, 5.74) is 0. The predicted molar refractivity (Wildman–Crippen MR) is 65.6 cm³/mol. The molecule has 0 spiro atoms. The van der Waals surface area contributed by atoms with Gasteiger partial charge in [-0.2, -0.15) is 8.42 Å². The summed E-state index contributed by atoms with van der Waals surface area (Å²) in [7, 11) is -2.50. The van der Waals surface area contributed by atoms with Gasteiger partial charge < -0.3 is 4.74 Å². The summed E-state index contributed by atoms with van der Waals surface area (Å²) in [5.74, 6) is 0.291. The van der Waals surface area contributed by atoms with E-state index in [-0.39, 0.29) is 14.9 Å². The maximum atomic E-state index is 12.1. The molecular weight excluding hydrogens is 301 g/mol. The lowest BCUT2D eigenvalue weighted by Gasteiger charge is -2.09. The van der Waals surface area contributed by atoms with Crippen molar-refractivity contribution in [2.75, 3.05) is 7.11 Å².